The average Bonchev–Trinajstić information content (AvgIpc) is 2.49. The molecule has 1 heterocycles. The number of nitrogens with one attached hydrogen (secondary N) is 2. The lowest BCUT2D eigenvalue weighted by Crippen LogP contribution is -2.14. The van der Waals surface area contributed by atoms with Gasteiger partial charge in [0.15, 0.2) is 0 Å². The van der Waals surface area contributed by atoms with Gasteiger partial charge in [0, 0.05) is 12.1 Å². The van der Waals surface area contributed by atoms with Crippen molar-refractivity contribution in [3.05, 3.63) is 42.6 Å². The molecule has 0 bridgehead atoms. The highest BCUT2D eigenvalue weighted by atomic mass is 16.5. The Morgan fingerprint density at radius 2 is 1.82 bits per heavy atom. The van der Waals surface area contributed by atoms with E-state index in [0.29, 0.717) is 18.2 Å². The minimum absolute atomic E-state index is 0.0154. The number of methoxy groups -OCH3 is 1. The standard InChI is InChI=1S/C17H21N3O2/c1-12(2)10-17(21)20-16-9-6-14(11-18-16)19-13-4-7-15(22-3)8-5-13/h4-9,11-12,19H,10H2,1-3H3,(H,18,20,21). The second kappa shape index (κ2) is 7.45. The highest BCUT2D eigenvalue weighted by molar-refractivity contribution is 5.89. The Kier molecular flexibility index (Phi) is 5.36. The van der Waals surface area contributed by atoms with E-state index in [1.807, 2.05) is 44.2 Å². The van der Waals surface area contributed by atoms with Gasteiger partial charge in [0.1, 0.15) is 11.6 Å². The van der Waals surface area contributed by atoms with Crippen LogP contribution in [0.5, 0.6) is 5.75 Å². The Morgan fingerprint density at radius 1 is 1.14 bits per heavy atom. The summed E-state index contributed by atoms with van der Waals surface area (Å²) in [5.74, 6) is 1.69. The monoisotopic (exact) mass is 299 g/mol. The van der Waals surface area contributed by atoms with Crippen LogP contribution in [0.25, 0.3) is 0 Å². The molecule has 0 radical (unpaired) electrons. The van der Waals surface area contributed by atoms with E-state index in [1.165, 1.54) is 0 Å². The summed E-state index contributed by atoms with van der Waals surface area (Å²) in [5, 5.41) is 6.02. The summed E-state index contributed by atoms with van der Waals surface area (Å²) in [5.41, 5.74) is 1.80. The van der Waals surface area contributed by atoms with Gasteiger partial charge in [-0.15, -0.1) is 0 Å². The summed E-state index contributed by atoms with van der Waals surface area (Å²) in [6.45, 7) is 4.02. The first-order chi connectivity index (χ1) is 10.6. The van der Waals surface area contributed by atoms with Crippen molar-refractivity contribution in [3.63, 3.8) is 0 Å². The summed E-state index contributed by atoms with van der Waals surface area (Å²) in [7, 11) is 1.64. The van der Waals surface area contributed by atoms with Gasteiger partial charge in [-0.1, -0.05) is 13.8 Å². The van der Waals surface area contributed by atoms with Crippen LogP contribution in [0.2, 0.25) is 0 Å². The molecule has 1 amide bonds. The highest BCUT2D eigenvalue weighted by Gasteiger charge is 2.06. The van der Waals surface area contributed by atoms with Gasteiger partial charge in [0.25, 0.3) is 0 Å². The number of benzene rings is 1. The molecule has 5 heteroatoms. The Bertz CT molecular complexity index is 607. The van der Waals surface area contributed by atoms with Gasteiger partial charge in [-0.2, -0.15) is 0 Å². The fraction of sp³-hybridized carbons (Fsp3) is 0.294. The minimum atomic E-state index is -0.0154. The summed E-state index contributed by atoms with van der Waals surface area (Å²) < 4.78 is 5.12. The topological polar surface area (TPSA) is 63.2 Å². The van der Waals surface area contributed by atoms with Gasteiger partial charge in [-0.25, -0.2) is 4.98 Å². The van der Waals surface area contributed by atoms with Crippen molar-refractivity contribution in [1.29, 1.82) is 0 Å². The largest absolute Gasteiger partial charge is 0.497 e. The third-order valence-electron chi connectivity index (χ3n) is 3.00. The number of carbonyl (C=O) groups is 1. The molecule has 0 unspecified atom stereocenters. The van der Waals surface area contributed by atoms with Gasteiger partial charge >= 0.3 is 0 Å². The number of hydrogen-bond donors (Lipinski definition) is 2. The first-order valence-corrected chi connectivity index (χ1v) is 7.24. The van der Waals surface area contributed by atoms with Crippen LogP contribution >= 0.6 is 0 Å². The van der Waals surface area contributed by atoms with Crippen molar-refractivity contribution in [2.24, 2.45) is 5.92 Å². The zero-order valence-corrected chi connectivity index (χ0v) is 13.1. The fourth-order valence-corrected chi connectivity index (χ4v) is 1.95. The molecule has 0 atom stereocenters. The third-order valence-corrected chi connectivity index (χ3v) is 3.00. The molecule has 5 nitrogen and oxygen atoms in total. The molecular formula is C17H21N3O2. The van der Waals surface area contributed by atoms with Crippen molar-refractivity contribution in [2.45, 2.75) is 20.3 Å². The van der Waals surface area contributed by atoms with Crippen LogP contribution in [0, 0.1) is 5.92 Å². The highest BCUT2D eigenvalue weighted by Crippen LogP contribution is 2.20. The van der Waals surface area contributed by atoms with Crippen LogP contribution in [0.1, 0.15) is 20.3 Å². The number of hydrogen-bond acceptors (Lipinski definition) is 4. The van der Waals surface area contributed by atoms with Crippen molar-refractivity contribution >= 4 is 23.1 Å². The smallest absolute Gasteiger partial charge is 0.225 e. The first-order valence-electron chi connectivity index (χ1n) is 7.24. The molecular weight excluding hydrogens is 278 g/mol. The van der Waals surface area contributed by atoms with Crippen LogP contribution in [0.4, 0.5) is 17.2 Å². The Balaban J connectivity index is 1.94. The van der Waals surface area contributed by atoms with E-state index in [9.17, 15) is 4.79 Å². The van der Waals surface area contributed by atoms with Crippen molar-refractivity contribution in [3.8, 4) is 5.75 Å². The molecule has 0 aliphatic heterocycles. The molecule has 0 saturated carbocycles. The molecule has 0 aliphatic rings. The maximum Gasteiger partial charge on any atom is 0.225 e. The molecule has 1 aromatic heterocycles. The molecule has 0 fully saturated rings. The molecule has 0 spiro atoms. The summed E-state index contributed by atoms with van der Waals surface area (Å²) in [6.07, 6.45) is 2.18. The molecule has 2 aromatic rings. The van der Waals surface area contributed by atoms with Crippen LogP contribution < -0.4 is 15.4 Å². The quantitative estimate of drug-likeness (QED) is 0.851. The van der Waals surface area contributed by atoms with E-state index in [0.717, 1.165) is 17.1 Å². The number of ether oxygens (including phenoxy) is 1. The molecule has 1 aromatic carbocycles. The van der Waals surface area contributed by atoms with Crippen molar-refractivity contribution in [2.75, 3.05) is 17.7 Å². The van der Waals surface area contributed by atoms with Crippen LogP contribution in [-0.2, 0) is 4.79 Å². The number of nitrogens with zero attached hydrogens (tertiary/aromatic N) is 1. The Labute approximate surface area is 130 Å². The van der Waals surface area contributed by atoms with Gasteiger partial charge in [0.05, 0.1) is 19.0 Å². The summed E-state index contributed by atoms with van der Waals surface area (Å²) >= 11 is 0. The zero-order chi connectivity index (χ0) is 15.9. The molecule has 2 rings (SSSR count). The SMILES string of the molecule is COc1ccc(Nc2ccc(NC(=O)CC(C)C)nc2)cc1. The van der Waals surface area contributed by atoms with E-state index in [4.69, 9.17) is 4.74 Å². The Morgan fingerprint density at radius 3 is 2.36 bits per heavy atom. The predicted octanol–water partition coefficient (Wildman–Crippen LogP) is 3.82. The van der Waals surface area contributed by atoms with E-state index >= 15 is 0 Å². The second-order valence-electron chi connectivity index (χ2n) is 5.43. The van der Waals surface area contributed by atoms with Gasteiger partial charge in [-0.3, -0.25) is 4.79 Å². The number of amides is 1. The molecule has 0 saturated heterocycles. The maximum atomic E-state index is 11.7. The van der Waals surface area contributed by atoms with Crippen LogP contribution in [0.15, 0.2) is 42.6 Å². The third kappa shape index (κ3) is 4.77. The molecule has 2 N–H and O–H groups in total. The Hall–Kier alpha value is -2.56. The maximum absolute atomic E-state index is 11.7. The molecule has 22 heavy (non-hydrogen) atoms. The van der Waals surface area contributed by atoms with E-state index in [2.05, 4.69) is 15.6 Å². The number of anilines is 3. The lowest BCUT2D eigenvalue weighted by atomic mass is 10.1. The zero-order valence-electron chi connectivity index (χ0n) is 13.1. The van der Waals surface area contributed by atoms with Crippen LogP contribution in [-0.4, -0.2) is 18.0 Å². The lowest BCUT2D eigenvalue weighted by molar-refractivity contribution is -0.116. The van der Waals surface area contributed by atoms with Crippen LogP contribution in [0.3, 0.4) is 0 Å². The molecule has 116 valence electrons. The predicted molar refractivity (Wildman–Crippen MR) is 88.6 cm³/mol. The second-order valence-corrected chi connectivity index (χ2v) is 5.43. The first kappa shape index (κ1) is 15.8. The number of rotatable bonds is 6. The normalized spacial score (nSPS) is 10.4. The van der Waals surface area contributed by atoms with Crippen molar-refractivity contribution < 1.29 is 9.53 Å². The van der Waals surface area contributed by atoms with Crippen molar-refractivity contribution in [1.82, 2.24) is 4.98 Å². The lowest BCUT2D eigenvalue weighted by Gasteiger charge is -2.09. The van der Waals surface area contributed by atoms with Gasteiger partial charge in [0.2, 0.25) is 5.91 Å². The van der Waals surface area contributed by atoms with Gasteiger partial charge in [-0.05, 0) is 42.3 Å². The van der Waals surface area contributed by atoms with E-state index in [1.54, 1.807) is 19.4 Å². The fourth-order valence-electron chi connectivity index (χ4n) is 1.95. The van der Waals surface area contributed by atoms with E-state index < -0.39 is 0 Å². The average molecular weight is 299 g/mol. The van der Waals surface area contributed by atoms with E-state index in [-0.39, 0.29) is 5.91 Å². The number of aromatic nitrogens is 1. The molecule has 0 aliphatic carbocycles. The van der Waals surface area contributed by atoms with Gasteiger partial charge < -0.3 is 15.4 Å². The number of pyridine rings is 1. The number of carbonyl (C=O) groups excluding carboxylic acids is 1. The summed E-state index contributed by atoms with van der Waals surface area (Å²) in [6, 6.07) is 11.3. The minimum Gasteiger partial charge on any atom is -0.497 e. The summed E-state index contributed by atoms with van der Waals surface area (Å²) in [4.78, 5) is 15.9.